The quantitative estimate of drug-likeness (QED) is 0.763. The average molecular weight is 225 g/mol. The summed E-state index contributed by atoms with van der Waals surface area (Å²) < 4.78 is 2.08. The minimum Gasteiger partial charge on any atom is -0.362 e. The van der Waals surface area contributed by atoms with Crippen molar-refractivity contribution in [2.75, 3.05) is 6.54 Å². The van der Waals surface area contributed by atoms with Crippen LogP contribution in [-0.2, 0) is 13.6 Å². The highest BCUT2D eigenvalue weighted by atomic mass is 32.1. The van der Waals surface area contributed by atoms with Crippen molar-refractivity contribution in [2.45, 2.75) is 20.4 Å². The molecule has 1 aromatic rings. The average Bonchev–Trinajstić information content (AvgIpc) is 2.58. The number of nitrogens with one attached hydrogen (secondary N) is 2. The Kier molecular flexibility index (Phi) is 4.62. The van der Waals surface area contributed by atoms with Gasteiger partial charge in [0.05, 0.1) is 6.54 Å². The first kappa shape index (κ1) is 12.0. The Bertz CT molecular complexity index is 317. The molecule has 1 heterocycles. The van der Waals surface area contributed by atoms with Gasteiger partial charge >= 0.3 is 0 Å². The molecule has 4 heteroatoms. The summed E-state index contributed by atoms with van der Waals surface area (Å²) in [6.45, 7) is 6.01. The summed E-state index contributed by atoms with van der Waals surface area (Å²) in [4.78, 5) is 0. The summed E-state index contributed by atoms with van der Waals surface area (Å²) in [6.07, 6.45) is 2.03. The van der Waals surface area contributed by atoms with Crippen molar-refractivity contribution < 1.29 is 0 Å². The Balaban J connectivity index is 2.26. The number of aromatic nitrogens is 1. The molecule has 1 rings (SSSR count). The molecule has 0 amide bonds. The van der Waals surface area contributed by atoms with E-state index in [0.29, 0.717) is 5.92 Å². The van der Waals surface area contributed by atoms with Gasteiger partial charge in [-0.05, 0) is 30.3 Å². The van der Waals surface area contributed by atoms with Crippen molar-refractivity contribution in [2.24, 2.45) is 13.0 Å². The van der Waals surface area contributed by atoms with Crippen molar-refractivity contribution in [1.29, 1.82) is 0 Å². The van der Waals surface area contributed by atoms with Crippen LogP contribution in [0.15, 0.2) is 18.3 Å². The normalized spacial score (nSPS) is 10.4. The van der Waals surface area contributed by atoms with Gasteiger partial charge in [0.15, 0.2) is 5.11 Å². The second-order valence-corrected chi connectivity index (χ2v) is 4.48. The number of hydrogen-bond acceptors (Lipinski definition) is 1. The first-order valence-corrected chi connectivity index (χ1v) is 5.62. The molecule has 0 atom stereocenters. The van der Waals surface area contributed by atoms with Gasteiger partial charge in [0.1, 0.15) is 0 Å². The Morgan fingerprint density at radius 1 is 1.47 bits per heavy atom. The predicted octanol–water partition coefficient (Wildman–Crippen LogP) is 1.65. The van der Waals surface area contributed by atoms with Crippen molar-refractivity contribution in [3.63, 3.8) is 0 Å². The molecule has 0 aliphatic heterocycles. The van der Waals surface area contributed by atoms with Crippen LogP contribution in [0.25, 0.3) is 0 Å². The van der Waals surface area contributed by atoms with E-state index in [0.717, 1.165) is 18.2 Å². The van der Waals surface area contributed by atoms with Gasteiger partial charge in [0.25, 0.3) is 0 Å². The maximum atomic E-state index is 5.16. The van der Waals surface area contributed by atoms with E-state index in [1.807, 2.05) is 19.3 Å². The maximum Gasteiger partial charge on any atom is 0.166 e. The largest absolute Gasteiger partial charge is 0.362 e. The molecule has 3 nitrogen and oxygen atoms in total. The van der Waals surface area contributed by atoms with Gasteiger partial charge in [-0.3, -0.25) is 0 Å². The minimum absolute atomic E-state index is 0.611. The molecule has 0 aromatic carbocycles. The van der Waals surface area contributed by atoms with E-state index < -0.39 is 0 Å². The molecule has 1 aromatic heterocycles. The molecule has 0 saturated carbocycles. The molecule has 0 radical (unpaired) electrons. The zero-order valence-electron chi connectivity index (χ0n) is 9.58. The van der Waals surface area contributed by atoms with Gasteiger partial charge in [-0.15, -0.1) is 0 Å². The maximum absolute atomic E-state index is 5.16. The van der Waals surface area contributed by atoms with Gasteiger partial charge in [-0.25, -0.2) is 0 Å². The van der Waals surface area contributed by atoms with Gasteiger partial charge in [0.2, 0.25) is 0 Å². The molecular formula is C11H19N3S. The highest BCUT2D eigenvalue weighted by Crippen LogP contribution is 1.98. The summed E-state index contributed by atoms with van der Waals surface area (Å²) in [7, 11) is 2.03. The minimum atomic E-state index is 0.611. The van der Waals surface area contributed by atoms with Crippen LogP contribution in [0.5, 0.6) is 0 Å². The number of aryl methyl sites for hydroxylation is 1. The standard InChI is InChI=1S/C11H19N3S/c1-9(2)7-12-11(15)13-8-10-5-4-6-14(10)3/h4-6,9H,7-8H2,1-3H3,(H2,12,13,15). The zero-order chi connectivity index (χ0) is 11.3. The molecule has 0 unspecified atom stereocenters. The van der Waals surface area contributed by atoms with E-state index in [2.05, 4.69) is 35.1 Å². The predicted molar refractivity (Wildman–Crippen MR) is 67.7 cm³/mol. The summed E-state index contributed by atoms with van der Waals surface area (Å²) >= 11 is 5.16. The molecular weight excluding hydrogens is 206 g/mol. The summed E-state index contributed by atoms with van der Waals surface area (Å²) in [6, 6.07) is 4.11. The molecule has 0 bridgehead atoms. The first-order chi connectivity index (χ1) is 7.09. The number of rotatable bonds is 4. The topological polar surface area (TPSA) is 29.0 Å². The van der Waals surface area contributed by atoms with Gasteiger partial charge in [-0.1, -0.05) is 13.8 Å². The monoisotopic (exact) mass is 225 g/mol. The van der Waals surface area contributed by atoms with Crippen molar-refractivity contribution in [3.05, 3.63) is 24.0 Å². The van der Waals surface area contributed by atoms with Crippen molar-refractivity contribution >= 4 is 17.3 Å². The fourth-order valence-corrected chi connectivity index (χ4v) is 1.37. The second kappa shape index (κ2) is 5.75. The SMILES string of the molecule is CC(C)CNC(=S)NCc1cccn1C. The van der Waals surface area contributed by atoms with E-state index in [9.17, 15) is 0 Å². The van der Waals surface area contributed by atoms with Crippen LogP contribution in [0, 0.1) is 5.92 Å². The molecule has 0 saturated heterocycles. The molecule has 15 heavy (non-hydrogen) atoms. The van der Waals surface area contributed by atoms with Crippen LogP contribution < -0.4 is 10.6 Å². The van der Waals surface area contributed by atoms with Crippen LogP contribution in [-0.4, -0.2) is 16.2 Å². The Morgan fingerprint density at radius 2 is 2.20 bits per heavy atom. The lowest BCUT2D eigenvalue weighted by molar-refractivity contribution is 0.618. The molecule has 0 aliphatic carbocycles. The smallest absolute Gasteiger partial charge is 0.166 e. The van der Waals surface area contributed by atoms with Crippen LogP contribution >= 0.6 is 12.2 Å². The lowest BCUT2D eigenvalue weighted by Crippen LogP contribution is -2.37. The van der Waals surface area contributed by atoms with Gasteiger partial charge < -0.3 is 15.2 Å². The van der Waals surface area contributed by atoms with Crippen LogP contribution in [0.3, 0.4) is 0 Å². The summed E-state index contributed by atoms with van der Waals surface area (Å²) in [5.41, 5.74) is 1.23. The number of hydrogen-bond donors (Lipinski definition) is 2. The molecule has 2 N–H and O–H groups in total. The van der Waals surface area contributed by atoms with E-state index in [1.165, 1.54) is 5.69 Å². The third kappa shape index (κ3) is 4.34. The van der Waals surface area contributed by atoms with Gasteiger partial charge in [-0.2, -0.15) is 0 Å². The molecule has 0 aliphatic rings. The van der Waals surface area contributed by atoms with E-state index in [1.54, 1.807) is 0 Å². The molecule has 0 spiro atoms. The highest BCUT2D eigenvalue weighted by molar-refractivity contribution is 7.80. The Morgan fingerprint density at radius 3 is 2.73 bits per heavy atom. The van der Waals surface area contributed by atoms with Crippen LogP contribution in [0.2, 0.25) is 0 Å². The fraction of sp³-hybridized carbons (Fsp3) is 0.545. The van der Waals surface area contributed by atoms with Crippen molar-refractivity contribution in [1.82, 2.24) is 15.2 Å². The van der Waals surface area contributed by atoms with Crippen LogP contribution in [0.1, 0.15) is 19.5 Å². The van der Waals surface area contributed by atoms with E-state index >= 15 is 0 Å². The Labute approximate surface area is 96.9 Å². The third-order valence-corrected chi connectivity index (χ3v) is 2.44. The van der Waals surface area contributed by atoms with Gasteiger partial charge in [0, 0.05) is 25.5 Å². The Hall–Kier alpha value is -1.03. The van der Waals surface area contributed by atoms with E-state index in [4.69, 9.17) is 12.2 Å². The lowest BCUT2D eigenvalue weighted by atomic mass is 10.2. The molecule has 84 valence electrons. The zero-order valence-corrected chi connectivity index (χ0v) is 10.4. The fourth-order valence-electron chi connectivity index (χ4n) is 1.21. The van der Waals surface area contributed by atoms with E-state index in [-0.39, 0.29) is 0 Å². The highest BCUT2D eigenvalue weighted by Gasteiger charge is 1.99. The number of nitrogens with zero attached hydrogens (tertiary/aromatic N) is 1. The third-order valence-electron chi connectivity index (χ3n) is 2.15. The lowest BCUT2D eigenvalue weighted by Gasteiger charge is -2.12. The summed E-state index contributed by atoms with van der Waals surface area (Å²) in [5.74, 6) is 0.611. The second-order valence-electron chi connectivity index (χ2n) is 4.07. The van der Waals surface area contributed by atoms with Crippen molar-refractivity contribution in [3.8, 4) is 0 Å². The summed E-state index contributed by atoms with van der Waals surface area (Å²) in [5, 5.41) is 7.08. The number of thiocarbonyl (C=S) groups is 1. The van der Waals surface area contributed by atoms with Crippen LogP contribution in [0.4, 0.5) is 0 Å². The first-order valence-electron chi connectivity index (χ1n) is 5.21. The molecule has 0 fully saturated rings.